The Kier molecular flexibility index (Phi) is 5.91. The van der Waals surface area contributed by atoms with Crippen molar-refractivity contribution in [1.82, 2.24) is 10.6 Å². The second-order valence-corrected chi connectivity index (χ2v) is 6.98. The maximum Gasteiger partial charge on any atom is 0.220 e. The molecule has 0 aromatic carbocycles. The highest BCUT2D eigenvalue weighted by molar-refractivity contribution is 7.91. The summed E-state index contributed by atoms with van der Waals surface area (Å²) in [6.07, 6.45) is 2.69. The van der Waals surface area contributed by atoms with E-state index in [4.69, 9.17) is 0 Å². The van der Waals surface area contributed by atoms with Crippen molar-refractivity contribution in [2.75, 3.05) is 31.1 Å². The molecule has 1 aliphatic rings. The molecule has 1 unspecified atom stereocenters. The molecule has 100 valence electrons. The highest BCUT2D eigenvalue weighted by Gasteiger charge is 2.16. The van der Waals surface area contributed by atoms with Gasteiger partial charge in [0.15, 0.2) is 9.84 Å². The summed E-state index contributed by atoms with van der Waals surface area (Å²) in [4.78, 5) is 11.6. The lowest BCUT2D eigenvalue weighted by Crippen LogP contribution is -2.35. The molecule has 2 N–H and O–H groups in total. The molecular weight excluding hydrogens is 240 g/mol. The van der Waals surface area contributed by atoms with Crippen LogP contribution in [0.15, 0.2) is 0 Å². The molecule has 1 saturated heterocycles. The number of hydrogen-bond donors (Lipinski definition) is 2. The Hall–Kier alpha value is -0.620. The van der Waals surface area contributed by atoms with E-state index in [1.54, 1.807) is 6.92 Å². The van der Waals surface area contributed by atoms with Gasteiger partial charge >= 0.3 is 0 Å². The van der Waals surface area contributed by atoms with Gasteiger partial charge in [-0.1, -0.05) is 6.92 Å². The molecule has 0 bridgehead atoms. The Labute approximate surface area is 103 Å². The quantitative estimate of drug-likeness (QED) is 0.702. The Morgan fingerprint density at radius 3 is 2.82 bits per heavy atom. The highest BCUT2D eigenvalue weighted by Crippen LogP contribution is 2.13. The van der Waals surface area contributed by atoms with Gasteiger partial charge < -0.3 is 10.6 Å². The van der Waals surface area contributed by atoms with Crippen molar-refractivity contribution < 1.29 is 13.2 Å². The number of rotatable bonds is 6. The first-order valence-corrected chi connectivity index (χ1v) is 8.03. The topological polar surface area (TPSA) is 75.3 Å². The SMILES string of the molecule is CCS(=O)(=O)CCNC(=O)CC1CCCNC1. The Morgan fingerprint density at radius 2 is 2.24 bits per heavy atom. The average molecular weight is 262 g/mol. The highest BCUT2D eigenvalue weighted by atomic mass is 32.2. The van der Waals surface area contributed by atoms with E-state index in [9.17, 15) is 13.2 Å². The van der Waals surface area contributed by atoms with Crippen LogP contribution in [0, 0.1) is 5.92 Å². The summed E-state index contributed by atoms with van der Waals surface area (Å²) in [5, 5.41) is 5.93. The lowest BCUT2D eigenvalue weighted by molar-refractivity contribution is -0.122. The summed E-state index contributed by atoms with van der Waals surface area (Å²) in [6, 6.07) is 0. The number of carbonyl (C=O) groups excluding carboxylic acids is 1. The average Bonchev–Trinajstić information content (AvgIpc) is 2.30. The van der Waals surface area contributed by atoms with Crippen LogP contribution in [0.3, 0.4) is 0 Å². The number of nitrogens with one attached hydrogen (secondary N) is 2. The predicted octanol–water partition coefficient (Wildman–Crippen LogP) is -0.0730. The van der Waals surface area contributed by atoms with E-state index in [0.29, 0.717) is 12.3 Å². The van der Waals surface area contributed by atoms with Gasteiger partial charge in [-0.25, -0.2) is 8.42 Å². The summed E-state index contributed by atoms with van der Waals surface area (Å²) in [7, 11) is -2.98. The van der Waals surface area contributed by atoms with Crippen LogP contribution in [0.25, 0.3) is 0 Å². The molecule has 1 heterocycles. The monoisotopic (exact) mass is 262 g/mol. The van der Waals surface area contributed by atoms with Gasteiger partial charge in [-0.05, 0) is 31.8 Å². The normalized spacial score (nSPS) is 21.1. The maximum atomic E-state index is 11.6. The largest absolute Gasteiger partial charge is 0.355 e. The Balaban J connectivity index is 2.16. The van der Waals surface area contributed by atoms with Crippen LogP contribution in [0.4, 0.5) is 0 Å². The molecule has 6 heteroatoms. The van der Waals surface area contributed by atoms with E-state index in [0.717, 1.165) is 25.9 Å². The van der Waals surface area contributed by atoms with E-state index in [1.165, 1.54) is 0 Å². The maximum absolute atomic E-state index is 11.6. The van der Waals surface area contributed by atoms with Crippen LogP contribution in [-0.4, -0.2) is 45.5 Å². The molecule has 0 aliphatic carbocycles. The minimum Gasteiger partial charge on any atom is -0.355 e. The minimum atomic E-state index is -2.98. The lowest BCUT2D eigenvalue weighted by Gasteiger charge is -2.22. The smallest absolute Gasteiger partial charge is 0.220 e. The van der Waals surface area contributed by atoms with Gasteiger partial charge in [0.2, 0.25) is 5.91 Å². The summed E-state index contributed by atoms with van der Waals surface area (Å²) < 4.78 is 22.4. The molecule has 0 aromatic rings. The van der Waals surface area contributed by atoms with E-state index < -0.39 is 9.84 Å². The number of hydrogen-bond acceptors (Lipinski definition) is 4. The zero-order valence-electron chi connectivity index (χ0n) is 10.4. The number of sulfone groups is 1. The van der Waals surface area contributed by atoms with Gasteiger partial charge in [-0.2, -0.15) is 0 Å². The van der Waals surface area contributed by atoms with Gasteiger partial charge in [0.1, 0.15) is 0 Å². The van der Waals surface area contributed by atoms with Crippen LogP contribution in [-0.2, 0) is 14.6 Å². The number of amides is 1. The second-order valence-electron chi connectivity index (χ2n) is 4.50. The predicted molar refractivity (Wildman–Crippen MR) is 67.5 cm³/mol. The van der Waals surface area contributed by atoms with Gasteiger partial charge in [-0.15, -0.1) is 0 Å². The molecular formula is C11H22N2O3S. The first kappa shape index (κ1) is 14.4. The fourth-order valence-electron chi connectivity index (χ4n) is 1.92. The van der Waals surface area contributed by atoms with Crippen LogP contribution in [0.2, 0.25) is 0 Å². The standard InChI is InChI=1S/C11H22N2O3S/c1-2-17(15,16)7-6-13-11(14)8-10-4-3-5-12-9-10/h10,12H,2-9H2,1H3,(H,13,14). The van der Waals surface area contributed by atoms with Crippen LogP contribution in [0.1, 0.15) is 26.2 Å². The van der Waals surface area contributed by atoms with Crippen LogP contribution >= 0.6 is 0 Å². The van der Waals surface area contributed by atoms with Gasteiger partial charge in [0.25, 0.3) is 0 Å². The summed E-state index contributed by atoms with van der Waals surface area (Å²) in [6.45, 7) is 3.77. The summed E-state index contributed by atoms with van der Waals surface area (Å²) in [5.41, 5.74) is 0. The lowest BCUT2D eigenvalue weighted by atomic mass is 9.96. The molecule has 0 saturated carbocycles. The molecule has 1 amide bonds. The second kappa shape index (κ2) is 6.96. The zero-order valence-corrected chi connectivity index (χ0v) is 11.2. The molecule has 1 aliphatic heterocycles. The molecule has 5 nitrogen and oxygen atoms in total. The van der Waals surface area contributed by atoms with Crippen molar-refractivity contribution in [3.05, 3.63) is 0 Å². The van der Waals surface area contributed by atoms with Crippen molar-refractivity contribution in [3.63, 3.8) is 0 Å². The third-order valence-electron chi connectivity index (χ3n) is 3.05. The van der Waals surface area contributed by atoms with Crippen molar-refractivity contribution in [2.45, 2.75) is 26.2 Å². The van der Waals surface area contributed by atoms with E-state index in [2.05, 4.69) is 10.6 Å². The van der Waals surface area contributed by atoms with Crippen molar-refractivity contribution in [2.24, 2.45) is 5.92 Å². The Bertz CT molecular complexity index is 335. The van der Waals surface area contributed by atoms with Crippen LogP contribution < -0.4 is 10.6 Å². The number of carbonyl (C=O) groups is 1. The molecule has 0 spiro atoms. The zero-order chi connectivity index (χ0) is 12.7. The number of piperidine rings is 1. The van der Waals surface area contributed by atoms with E-state index in [1.807, 2.05) is 0 Å². The first-order chi connectivity index (χ1) is 8.03. The van der Waals surface area contributed by atoms with Crippen LogP contribution in [0.5, 0.6) is 0 Å². The fourth-order valence-corrected chi connectivity index (χ4v) is 2.62. The first-order valence-electron chi connectivity index (χ1n) is 6.21. The van der Waals surface area contributed by atoms with Gasteiger partial charge in [0.05, 0.1) is 5.75 Å². The molecule has 1 atom stereocenters. The van der Waals surface area contributed by atoms with Crippen molar-refractivity contribution in [1.29, 1.82) is 0 Å². The van der Waals surface area contributed by atoms with Crippen molar-refractivity contribution >= 4 is 15.7 Å². The molecule has 17 heavy (non-hydrogen) atoms. The van der Waals surface area contributed by atoms with Gasteiger partial charge in [0, 0.05) is 18.7 Å². The summed E-state index contributed by atoms with van der Waals surface area (Å²) in [5.74, 6) is 0.532. The third kappa shape index (κ3) is 6.02. The summed E-state index contributed by atoms with van der Waals surface area (Å²) >= 11 is 0. The van der Waals surface area contributed by atoms with Crippen molar-refractivity contribution in [3.8, 4) is 0 Å². The van der Waals surface area contributed by atoms with Gasteiger partial charge in [-0.3, -0.25) is 4.79 Å². The third-order valence-corrected chi connectivity index (χ3v) is 4.75. The molecule has 1 rings (SSSR count). The van der Waals surface area contributed by atoms with E-state index in [-0.39, 0.29) is 24.0 Å². The molecule has 1 fully saturated rings. The minimum absolute atomic E-state index is 0.0370. The molecule has 0 aromatic heterocycles. The fraction of sp³-hybridized carbons (Fsp3) is 0.909. The van der Waals surface area contributed by atoms with E-state index >= 15 is 0 Å². The molecule has 0 radical (unpaired) electrons. The Morgan fingerprint density at radius 1 is 1.47 bits per heavy atom.